The summed E-state index contributed by atoms with van der Waals surface area (Å²) in [5, 5.41) is -0.0812. The van der Waals surface area contributed by atoms with Gasteiger partial charge >= 0.3 is 7.60 Å². The molecular formula is C9H14N5O4PS. The van der Waals surface area contributed by atoms with E-state index < -0.39 is 13.2 Å². The smallest absolute Gasteiger partial charge is 0.335 e. The Labute approximate surface area is 117 Å². The van der Waals surface area contributed by atoms with Gasteiger partial charge in [0.25, 0.3) is 5.56 Å². The van der Waals surface area contributed by atoms with Gasteiger partial charge in [0.2, 0.25) is 5.95 Å². The summed E-state index contributed by atoms with van der Waals surface area (Å²) in [6, 6.07) is 0. The van der Waals surface area contributed by atoms with E-state index in [9.17, 15) is 9.36 Å². The first-order valence-corrected chi connectivity index (χ1v) is 8.47. The van der Waals surface area contributed by atoms with Gasteiger partial charge in [-0.1, -0.05) is 6.92 Å². The van der Waals surface area contributed by atoms with Crippen LogP contribution in [0.3, 0.4) is 0 Å². The number of nitrogens with one attached hydrogen (secondary N) is 1. The van der Waals surface area contributed by atoms with Crippen LogP contribution in [0.5, 0.6) is 0 Å². The van der Waals surface area contributed by atoms with Crippen molar-refractivity contribution < 1.29 is 14.4 Å². The molecule has 20 heavy (non-hydrogen) atoms. The first kappa shape index (κ1) is 15.0. The average molecular weight is 319 g/mol. The molecule has 2 aromatic heterocycles. The molecule has 0 aliphatic heterocycles. The Balaban J connectivity index is 2.18. The third kappa shape index (κ3) is 3.60. The number of aromatic nitrogens is 4. The largest absolute Gasteiger partial charge is 0.369 e. The lowest BCUT2D eigenvalue weighted by atomic mass is 10.4. The minimum Gasteiger partial charge on any atom is -0.369 e. The van der Waals surface area contributed by atoms with Crippen molar-refractivity contribution in [1.29, 1.82) is 0 Å². The average Bonchev–Trinajstić information content (AvgIpc) is 2.69. The number of nitrogens with two attached hydrogens (primary N) is 1. The second kappa shape index (κ2) is 5.57. The maximum atomic E-state index is 11.6. The highest BCUT2D eigenvalue weighted by atomic mass is 32.2. The number of nitrogens with zero attached hydrogens (tertiary/aromatic N) is 3. The fraction of sp³-hybridized carbons (Fsp3) is 0.444. The van der Waals surface area contributed by atoms with E-state index in [4.69, 9.17) is 15.5 Å². The maximum Gasteiger partial charge on any atom is 0.335 e. The number of rotatable bonds is 5. The molecule has 0 aromatic carbocycles. The summed E-state index contributed by atoms with van der Waals surface area (Å²) in [5.41, 5.74) is 5.36. The van der Waals surface area contributed by atoms with E-state index in [0.29, 0.717) is 12.2 Å². The standard InChI is InChI=1S/C9H14N5O4PS/c1-5(20-4-19(16,17)18)2-14-3-11-6-7(14)12-9(10)13-8(6)15/h3,5H,2,4H2,1H3,(H2,16,17,18)(H3,10,12,13,15)/t5-/m1/s1. The maximum absolute atomic E-state index is 11.6. The summed E-state index contributed by atoms with van der Waals surface area (Å²) in [7, 11) is -4.03. The second-order valence-electron chi connectivity index (χ2n) is 4.29. The molecule has 0 aliphatic carbocycles. The van der Waals surface area contributed by atoms with Gasteiger partial charge in [-0.2, -0.15) is 4.98 Å². The summed E-state index contributed by atoms with van der Waals surface area (Å²) >= 11 is 1.14. The van der Waals surface area contributed by atoms with Gasteiger partial charge in [0.05, 0.1) is 11.8 Å². The molecule has 0 bridgehead atoms. The van der Waals surface area contributed by atoms with Crippen molar-refractivity contribution in [1.82, 2.24) is 19.5 Å². The molecule has 9 nitrogen and oxygen atoms in total. The van der Waals surface area contributed by atoms with Crippen molar-refractivity contribution in [3.63, 3.8) is 0 Å². The van der Waals surface area contributed by atoms with Crippen LogP contribution in [-0.2, 0) is 11.1 Å². The highest BCUT2D eigenvalue weighted by Crippen LogP contribution is 2.40. The lowest BCUT2D eigenvalue weighted by molar-refractivity contribution is 0.379. The normalized spacial score (nSPS) is 13.8. The Morgan fingerprint density at radius 1 is 1.60 bits per heavy atom. The molecule has 0 saturated carbocycles. The Hall–Kier alpha value is -1.35. The van der Waals surface area contributed by atoms with Crippen LogP contribution >= 0.6 is 19.4 Å². The number of aromatic amines is 1. The number of anilines is 1. The minimum atomic E-state index is -4.03. The number of nitrogen functional groups attached to an aromatic ring is 1. The van der Waals surface area contributed by atoms with E-state index in [0.717, 1.165) is 11.8 Å². The number of hydrogen-bond acceptors (Lipinski definition) is 6. The molecule has 0 saturated heterocycles. The van der Waals surface area contributed by atoms with E-state index >= 15 is 0 Å². The SMILES string of the molecule is C[C@H](Cn1cnc2c(=O)[nH]c(N)nc21)SCP(=O)(O)O. The van der Waals surface area contributed by atoms with Gasteiger partial charge in [-0.15, -0.1) is 11.8 Å². The first-order valence-electron chi connectivity index (χ1n) is 5.63. The molecule has 0 aliphatic rings. The Kier molecular flexibility index (Phi) is 4.19. The number of imidazole rings is 1. The molecular weight excluding hydrogens is 305 g/mol. The fourth-order valence-corrected chi connectivity index (χ4v) is 3.72. The van der Waals surface area contributed by atoms with Gasteiger partial charge in [0.15, 0.2) is 11.2 Å². The number of fused-ring (bicyclic) bond motifs is 1. The molecule has 1 atom stereocenters. The van der Waals surface area contributed by atoms with Crippen molar-refractivity contribution in [2.45, 2.75) is 18.7 Å². The molecule has 110 valence electrons. The second-order valence-corrected chi connectivity index (χ2v) is 7.79. The zero-order valence-electron chi connectivity index (χ0n) is 10.6. The van der Waals surface area contributed by atoms with Crippen LogP contribution < -0.4 is 11.3 Å². The van der Waals surface area contributed by atoms with E-state index in [1.54, 1.807) is 4.57 Å². The molecule has 2 heterocycles. The molecule has 5 N–H and O–H groups in total. The molecule has 11 heteroatoms. The van der Waals surface area contributed by atoms with Gasteiger partial charge in [-0.05, 0) is 0 Å². The zero-order valence-corrected chi connectivity index (χ0v) is 12.3. The van der Waals surface area contributed by atoms with Gasteiger partial charge in [-0.3, -0.25) is 14.3 Å². The predicted molar refractivity (Wildman–Crippen MR) is 76.5 cm³/mol. The lowest BCUT2D eigenvalue weighted by Crippen LogP contribution is -2.14. The van der Waals surface area contributed by atoms with E-state index in [2.05, 4.69) is 15.0 Å². The number of H-pyrrole nitrogens is 1. The molecule has 0 fully saturated rings. The Morgan fingerprint density at radius 2 is 2.30 bits per heavy atom. The van der Waals surface area contributed by atoms with Crippen molar-refractivity contribution >= 4 is 36.5 Å². The summed E-state index contributed by atoms with van der Waals surface area (Å²) in [4.78, 5) is 39.6. The molecule has 2 aromatic rings. The molecule has 0 radical (unpaired) electrons. The monoisotopic (exact) mass is 319 g/mol. The zero-order chi connectivity index (χ0) is 14.9. The van der Waals surface area contributed by atoms with Crippen molar-refractivity contribution in [2.24, 2.45) is 0 Å². The predicted octanol–water partition coefficient (Wildman–Crippen LogP) is -0.0413. The van der Waals surface area contributed by atoms with Crippen molar-refractivity contribution in [3.8, 4) is 0 Å². The van der Waals surface area contributed by atoms with E-state index in [1.807, 2.05) is 6.92 Å². The van der Waals surface area contributed by atoms with Crippen LogP contribution in [0.2, 0.25) is 0 Å². The van der Waals surface area contributed by atoms with Crippen LogP contribution in [-0.4, -0.2) is 40.0 Å². The lowest BCUT2D eigenvalue weighted by Gasteiger charge is -2.12. The molecule has 0 spiro atoms. The topological polar surface area (TPSA) is 147 Å². The van der Waals surface area contributed by atoms with E-state index in [1.165, 1.54) is 6.33 Å². The van der Waals surface area contributed by atoms with Crippen LogP contribution in [0.1, 0.15) is 6.92 Å². The van der Waals surface area contributed by atoms with Gasteiger partial charge in [0, 0.05) is 11.8 Å². The number of hydrogen-bond donors (Lipinski definition) is 4. The summed E-state index contributed by atoms with van der Waals surface area (Å²) in [6.07, 6.45) is 1.46. The third-order valence-electron chi connectivity index (χ3n) is 2.47. The summed E-state index contributed by atoms with van der Waals surface area (Å²) in [5.74, 6) is -0.000210. The van der Waals surface area contributed by atoms with Gasteiger partial charge in [0.1, 0.15) is 0 Å². The third-order valence-corrected chi connectivity index (χ3v) is 5.13. The number of thioether (sulfide) groups is 1. The van der Waals surface area contributed by atoms with Crippen LogP contribution in [0.15, 0.2) is 11.1 Å². The highest BCUT2D eigenvalue weighted by molar-refractivity contribution is 8.04. The fourth-order valence-electron chi connectivity index (χ4n) is 1.66. The Bertz CT molecular complexity index is 723. The minimum absolute atomic E-state index is 0.000210. The highest BCUT2D eigenvalue weighted by Gasteiger charge is 2.17. The molecule has 0 amide bonds. The van der Waals surface area contributed by atoms with Crippen LogP contribution in [0.25, 0.3) is 11.2 Å². The van der Waals surface area contributed by atoms with E-state index in [-0.39, 0.29) is 22.2 Å². The van der Waals surface area contributed by atoms with Gasteiger partial charge < -0.3 is 20.1 Å². The quantitative estimate of drug-likeness (QED) is 0.561. The Morgan fingerprint density at radius 3 is 2.95 bits per heavy atom. The summed E-state index contributed by atoms with van der Waals surface area (Å²) in [6.45, 7) is 2.24. The molecule has 2 rings (SSSR count). The van der Waals surface area contributed by atoms with Gasteiger partial charge in [-0.25, -0.2) is 4.98 Å². The first-order chi connectivity index (χ1) is 9.26. The molecule has 0 unspecified atom stereocenters. The van der Waals surface area contributed by atoms with Crippen molar-refractivity contribution in [2.75, 3.05) is 11.2 Å². The van der Waals surface area contributed by atoms with Crippen LogP contribution in [0.4, 0.5) is 5.95 Å². The van der Waals surface area contributed by atoms with Crippen molar-refractivity contribution in [3.05, 3.63) is 16.7 Å². The summed E-state index contributed by atoms with van der Waals surface area (Å²) < 4.78 is 12.5. The van der Waals surface area contributed by atoms with Crippen LogP contribution in [0, 0.1) is 0 Å².